The average molecular weight is 313 g/mol. The van der Waals surface area contributed by atoms with E-state index in [2.05, 4.69) is 10.3 Å². The number of hydrogen-bond acceptors (Lipinski definition) is 4. The van der Waals surface area contributed by atoms with E-state index < -0.39 is 9.84 Å². The molecule has 2 rings (SSSR count). The topological polar surface area (TPSA) is 59.1 Å². The molecule has 0 radical (unpaired) electrons. The van der Waals surface area contributed by atoms with Crippen molar-refractivity contribution in [2.24, 2.45) is 0 Å². The van der Waals surface area contributed by atoms with Crippen LogP contribution in [-0.4, -0.2) is 31.5 Å². The number of nitrogens with one attached hydrogen (secondary N) is 1. The van der Waals surface area contributed by atoms with Crippen molar-refractivity contribution in [2.45, 2.75) is 19.5 Å². The van der Waals surface area contributed by atoms with Crippen LogP contribution in [0.5, 0.6) is 0 Å². The van der Waals surface area contributed by atoms with Crippen LogP contribution in [0.25, 0.3) is 10.9 Å². The number of sulfone groups is 1. The monoisotopic (exact) mass is 312 g/mol. The van der Waals surface area contributed by atoms with Crippen molar-refractivity contribution in [1.29, 1.82) is 0 Å². The summed E-state index contributed by atoms with van der Waals surface area (Å²) in [5, 5.41) is 4.78. The second kappa shape index (κ2) is 6.08. The maximum absolute atomic E-state index is 11.2. The van der Waals surface area contributed by atoms with Gasteiger partial charge in [-0.2, -0.15) is 0 Å². The molecule has 1 unspecified atom stereocenters. The molecular weight excluding hydrogens is 296 g/mol. The molecule has 0 spiro atoms. The van der Waals surface area contributed by atoms with Crippen LogP contribution in [0.2, 0.25) is 5.02 Å². The molecule has 0 saturated carbocycles. The molecule has 0 fully saturated rings. The van der Waals surface area contributed by atoms with Gasteiger partial charge in [0.05, 0.1) is 11.3 Å². The number of fused-ring (bicyclic) bond motifs is 1. The highest BCUT2D eigenvalue weighted by atomic mass is 35.5. The van der Waals surface area contributed by atoms with E-state index in [9.17, 15) is 8.42 Å². The van der Waals surface area contributed by atoms with Crippen molar-refractivity contribution < 1.29 is 8.42 Å². The molecule has 0 aliphatic heterocycles. The molecule has 6 heteroatoms. The van der Waals surface area contributed by atoms with Crippen LogP contribution < -0.4 is 5.32 Å². The summed E-state index contributed by atoms with van der Waals surface area (Å²) in [6, 6.07) is 7.41. The number of hydrogen-bond donors (Lipinski definition) is 1. The number of rotatable bonds is 5. The number of benzene rings is 1. The molecule has 0 saturated heterocycles. The van der Waals surface area contributed by atoms with Crippen LogP contribution in [0.3, 0.4) is 0 Å². The molecule has 0 aliphatic rings. The average Bonchev–Trinajstić information content (AvgIpc) is 2.36. The van der Waals surface area contributed by atoms with Crippen molar-refractivity contribution >= 4 is 32.3 Å². The van der Waals surface area contributed by atoms with E-state index in [0.29, 0.717) is 11.6 Å². The minimum Gasteiger partial charge on any atom is -0.309 e. The third kappa shape index (κ3) is 3.91. The lowest BCUT2D eigenvalue weighted by atomic mass is 10.1. The zero-order valence-corrected chi connectivity index (χ0v) is 13.0. The van der Waals surface area contributed by atoms with E-state index in [0.717, 1.165) is 16.5 Å². The Hall–Kier alpha value is -1.17. The first-order valence-corrected chi connectivity index (χ1v) is 8.74. The Morgan fingerprint density at radius 2 is 2.10 bits per heavy atom. The minimum atomic E-state index is -2.98. The Morgan fingerprint density at radius 1 is 1.35 bits per heavy atom. The lowest BCUT2D eigenvalue weighted by Gasteiger charge is -2.14. The summed E-state index contributed by atoms with van der Waals surface area (Å²) in [4.78, 5) is 4.35. The van der Waals surface area contributed by atoms with Crippen molar-refractivity contribution in [1.82, 2.24) is 10.3 Å². The van der Waals surface area contributed by atoms with Crippen LogP contribution in [0.15, 0.2) is 30.5 Å². The molecule has 1 N–H and O–H groups in total. The molecule has 1 aromatic carbocycles. The summed E-state index contributed by atoms with van der Waals surface area (Å²) in [5.74, 6) is 0.117. The number of nitrogens with zero attached hydrogens (tertiary/aromatic N) is 1. The van der Waals surface area contributed by atoms with E-state index in [1.165, 1.54) is 6.26 Å². The highest BCUT2D eigenvalue weighted by Gasteiger charge is 2.11. The molecular formula is C14H17ClN2O2S. The van der Waals surface area contributed by atoms with Gasteiger partial charge in [0, 0.05) is 35.4 Å². The van der Waals surface area contributed by atoms with Gasteiger partial charge in [-0.15, -0.1) is 0 Å². The Kier molecular flexibility index (Phi) is 4.62. The summed E-state index contributed by atoms with van der Waals surface area (Å²) >= 11 is 6.14. The van der Waals surface area contributed by atoms with Gasteiger partial charge >= 0.3 is 0 Å². The van der Waals surface area contributed by atoms with E-state index in [1.807, 2.05) is 31.2 Å². The zero-order valence-electron chi connectivity index (χ0n) is 11.4. The van der Waals surface area contributed by atoms with Crippen molar-refractivity contribution in [3.05, 3.63) is 41.0 Å². The SMILES string of the molecule is CC(CS(C)(=O)=O)NCc1ccc(Cl)c2cccnc12. The standard InChI is InChI=1S/C14H17ClN2O2S/c1-10(9-20(2,18)19)17-8-11-5-6-13(15)12-4-3-7-16-14(11)12/h3-7,10,17H,8-9H2,1-2H3. The number of aromatic nitrogens is 1. The van der Waals surface area contributed by atoms with Gasteiger partial charge in [0.15, 0.2) is 0 Å². The fourth-order valence-corrected chi connectivity index (χ4v) is 3.38. The van der Waals surface area contributed by atoms with Crippen LogP contribution in [-0.2, 0) is 16.4 Å². The Labute approximate surface area is 124 Å². The summed E-state index contributed by atoms with van der Waals surface area (Å²) in [5.41, 5.74) is 1.85. The first-order chi connectivity index (χ1) is 9.37. The Balaban J connectivity index is 2.17. The van der Waals surface area contributed by atoms with Gasteiger partial charge in [0.25, 0.3) is 0 Å². The highest BCUT2D eigenvalue weighted by molar-refractivity contribution is 7.90. The van der Waals surface area contributed by atoms with E-state index in [4.69, 9.17) is 11.6 Å². The van der Waals surface area contributed by atoms with Crippen LogP contribution in [0, 0.1) is 0 Å². The molecule has 0 amide bonds. The van der Waals surface area contributed by atoms with Crippen LogP contribution >= 0.6 is 11.6 Å². The molecule has 0 aliphatic carbocycles. The number of pyridine rings is 1. The smallest absolute Gasteiger partial charge is 0.148 e. The first-order valence-electron chi connectivity index (χ1n) is 6.30. The van der Waals surface area contributed by atoms with Gasteiger partial charge in [-0.05, 0) is 30.7 Å². The molecule has 1 atom stereocenters. The first kappa shape index (κ1) is 15.2. The summed E-state index contributed by atoms with van der Waals surface area (Å²) in [6.45, 7) is 2.41. The molecule has 1 aromatic heterocycles. The lowest BCUT2D eigenvalue weighted by Crippen LogP contribution is -2.32. The second-order valence-corrected chi connectivity index (χ2v) is 7.57. The van der Waals surface area contributed by atoms with Crippen LogP contribution in [0.1, 0.15) is 12.5 Å². The van der Waals surface area contributed by atoms with Crippen molar-refractivity contribution in [3.63, 3.8) is 0 Å². The van der Waals surface area contributed by atoms with Gasteiger partial charge in [-0.3, -0.25) is 4.98 Å². The summed E-state index contributed by atoms with van der Waals surface area (Å²) in [6.07, 6.45) is 2.96. The molecule has 2 aromatic rings. The highest BCUT2D eigenvalue weighted by Crippen LogP contribution is 2.24. The fraction of sp³-hybridized carbons (Fsp3) is 0.357. The van der Waals surface area contributed by atoms with Gasteiger partial charge in [0.2, 0.25) is 0 Å². The fourth-order valence-electron chi connectivity index (χ4n) is 2.14. The van der Waals surface area contributed by atoms with E-state index >= 15 is 0 Å². The largest absolute Gasteiger partial charge is 0.309 e. The van der Waals surface area contributed by atoms with E-state index in [-0.39, 0.29) is 11.8 Å². The lowest BCUT2D eigenvalue weighted by molar-refractivity contribution is 0.561. The quantitative estimate of drug-likeness (QED) is 0.921. The van der Waals surface area contributed by atoms with E-state index in [1.54, 1.807) is 6.20 Å². The summed E-state index contributed by atoms with van der Waals surface area (Å²) in [7, 11) is -2.98. The maximum Gasteiger partial charge on any atom is 0.148 e. The van der Waals surface area contributed by atoms with Crippen molar-refractivity contribution in [2.75, 3.05) is 12.0 Å². The minimum absolute atomic E-state index is 0.112. The predicted molar refractivity (Wildman–Crippen MR) is 82.8 cm³/mol. The molecule has 4 nitrogen and oxygen atoms in total. The molecule has 20 heavy (non-hydrogen) atoms. The van der Waals surface area contributed by atoms with Gasteiger partial charge in [0.1, 0.15) is 9.84 Å². The molecule has 108 valence electrons. The molecule has 0 bridgehead atoms. The van der Waals surface area contributed by atoms with Gasteiger partial charge < -0.3 is 5.32 Å². The van der Waals surface area contributed by atoms with Gasteiger partial charge in [-0.1, -0.05) is 17.7 Å². The van der Waals surface area contributed by atoms with Gasteiger partial charge in [-0.25, -0.2) is 8.42 Å². The Bertz CT molecular complexity index is 716. The van der Waals surface area contributed by atoms with Crippen LogP contribution in [0.4, 0.5) is 0 Å². The number of halogens is 1. The third-order valence-electron chi connectivity index (χ3n) is 2.99. The molecule has 1 heterocycles. The maximum atomic E-state index is 11.2. The normalized spacial score (nSPS) is 13.6. The Morgan fingerprint density at radius 3 is 2.80 bits per heavy atom. The predicted octanol–water partition coefficient (Wildman–Crippen LogP) is 2.41. The summed E-state index contributed by atoms with van der Waals surface area (Å²) < 4.78 is 22.5. The zero-order chi connectivity index (χ0) is 14.8. The second-order valence-electron chi connectivity index (χ2n) is 4.98. The van der Waals surface area contributed by atoms with Crippen molar-refractivity contribution in [3.8, 4) is 0 Å². The third-order valence-corrected chi connectivity index (χ3v) is 4.43.